The summed E-state index contributed by atoms with van der Waals surface area (Å²) in [5, 5.41) is 4.54. The lowest BCUT2D eigenvalue weighted by Crippen LogP contribution is -2.26. The van der Waals surface area contributed by atoms with Gasteiger partial charge in [0.05, 0.1) is 11.2 Å². The number of benzene rings is 1. The van der Waals surface area contributed by atoms with Gasteiger partial charge < -0.3 is 11.2 Å². The van der Waals surface area contributed by atoms with Crippen molar-refractivity contribution in [2.45, 2.75) is 19.9 Å². The molecule has 0 radical (unpaired) electrons. The molecule has 0 amide bonds. The van der Waals surface area contributed by atoms with Gasteiger partial charge in [-0.05, 0) is 42.3 Å². The minimum Gasteiger partial charge on any atom is -0.339 e. The van der Waals surface area contributed by atoms with Crippen LogP contribution < -0.4 is 16.7 Å². The highest BCUT2D eigenvalue weighted by molar-refractivity contribution is 5.87. The van der Waals surface area contributed by atoms with Crippen LogP contribution in [-0.4, -0.2) is 20.8 Å². The van der Waals surface area contributed by atoms with Crippen LogP contribution in [0.3, 0.4) is 0 Å². The predicted octanol–water partition coefficient (Wildman–Crippen LogP) is 2.52. The maximum absolute atomic E-state index is 12.8. The van der Waals surface area contributed by atoms with Crippen LogP contribution >= 0.6 is 0 Å². The first-order chi connectivity index (χ1) is 13.6. The van der Waals surface area contributed by atoms with Crippen LogP contribution in [0.1, 0.15) is 17.0 Å². The van der Waals surface area contributed by atoms with Crippen LogP contribution in [0.25, 0.3) is 27.7 Å². The van der Waals surface area contributed by atoms with E-state index in [1.165, 1.54) is 11.3 Å². The number of fused-ring (bicyclic) bond motifs is 3. The van der Waals surface area contributed by atoms with Crippen LogP contribution in [-0.2, 0) is 13.0 Å². The molecule has 0 fully saturated rings. The molecule has 6 heteroatoms. The zero-order valence-electron chi connectivity index (χ0n) is 15.6. The number of nitrogens with two attached hydrogens (primary N) is 1. The van der Waals surface area contributed by atoms with Crippen LogP contribution in [0.2, 0.25) is 0 Å². The number of hydrogen-bond donors (Lipinski definition) is 2. The van der Waals surface area contributed by atoms with Gasteiger partial charge in [-0.3, -0.25) is 19.0 Å². The summed E-state index contributed by atoms with van der Waals surface area (Å²) >= 11 is 0. The maximum Gasteiger partial charge on any atom is 0.255 e. The Hall–Kier alpha value is -3.38. The van der Waals surface area contributed by atoms with Crippen LogP contribution in [0.5, 0.6) is 0 Å². The Balaban J connectivity index is 1.59. The van der Waals surface area contributed by atoms with Crippen molar-refractivity contribution >= 4 is 10.9 Å². The van der Waals surface area contributed by atoms with Crippen LogP contribution in [0.15, 0.2) is 59.7 Å². The third kappa shape index (κ3) is 2.61. The number of rotatable bonds is 2. The van der Waals surface area contributed by atoms with Gasteiger partial charge in [0.15, 0.2) is 0 Å². The van der Waals surface area contributed by atoms with Crippen LogP contribution in [0, 0.1) is 6.92 Å². The zero-order chi connectivity index (χ0) is 19.3. The van der Waals surface area contributed by atoms with Crippen molar-refractivity contribution in [2.24, 2.45) is 0 Å². The molecular formula is C22H21N5O. The summed E-state index contributed by atoms with van der Waals surface area (Å²) in [4.78, 5) is 17.1. The van der Waals surface area contributed by atoms with Gasteiger partial charge in [0.1, 0.15) is 0 Å². The maximum atomic E-state index is 12.8. The van der Waals surface area contributed by atoms with Gasteiger partial charge in [-0.1, -0.05) is 12.1 Å². The topological polar surface area (TPSA) is 77.9 Å². The SMILES string of the molecule is Cc1ccc(-c2ccn(-c3ccc4c5c(n(N)c4c3)CCNC5)c(=O)c2)cn1. The van der Waals surface area contributed by atoms with Crippen molar-refractivity contribution in [2.75, 3.05) is 12.4 Å². The van der Waals surface area contributed by atoms with E-state index < -0.39 is 0 Å². The Bertz CT molecular complexity index is 1250. The molecule has 3 N–H and O–H groups in total. The third-order valence-corrected chi connectivity index (χ3v) is 5.49. The Morgan fingerprint density at radius 3 is 2.79 bits per heavy atom. The van der Waals surface area contributed by atoms with Gasteiger partial charge in [-0.15, -0.1) is 0 Å². The number of aryl methyl sites for hydroxylation is 1. The van der Waals surface area contributed by atoms with E-state index in [1.807, 2.05) is 43.5 Å². The lowest BCUT2D eigenvalue weighted by molar-refractivity contribution is 0.628. The summed E-state index contributed by atoms with van der Waals surface area (Å²) in [6, 6.07) is 13.5. The molecule has 28 heavy (non-hydrogen) atoms. The Labute approximate surface area is 162 Å². The fourth-order valence-corrected chi connectivity index (χ4v) is 3.97. The first-order valence-corrected chi connectivity index (χ1v) is 9.40. The monoisotopic (exact) mass is 371 g/mol. The van der Waals surface area contributed by atoms with E-state index in [9.17, 15) is 4.79 Å². The normalized spacial score (nSPS) is 13.6. The van der Waals surface area contributed by atoms with Gasteiger partial charge in [0, 0.05) is 60.3 Å². The molecule has 140 valence electrons. The van der Waals surface area contributed by atoms with Gasteiger partial charge in [0.25, 0.3) is 5.56 Å². The molecule has 0 spiro atoms. The summed E-state index contributed by atoms with van der Waals surface area (Å²) in [6.45, 7) is 3.70. The third-order valence-electron chi connectivity index (χ3n) is 5.49. The largest absolute Gasteiger partial charge is 0.339 e. The van der Waals surface area contributed by atoms with Gasteiger partial charge in [0.2, 0.25) is 0 Å². The van der Waals surface area contributed by atoms with E-state index in [-0.39, 0.29) is 5.56 Å². The molecule has 6 nitrogen and oxygen atoms in total. The highest BCUT2D eigenvalue weighted by Crippen LogP contribution is 2.28. The van der Waals surface area contributed by atoms with Gasteiger partial charge in [-0.2, -0.15) is 0 Å². The van der Waals surface area contributed by atoms with E-state index in [4.69, 9.17) is 5.84 Å². The second-order valence-electron chi connectivity index (χ2n) is 7.24. The average Bonchev–Trinajstić information content (AvgIpc) is 3.01. The summed E-state index contributed by atoms with van der Waals surface area (Å²) in [5.41, 5.74) is 6.84. The molecule has 1 aromatic carbocycles. The van der Waals surface area contributed by atoms with E-state index in [0.29, 0.717) is 0 Å². The van der Waals surface area contributed by atoms with E-state index in [1.54, 1.807) is 21.5 Å². The number of nitrogens with one attached hydrogen (secondary N) is 1. The standard InChI is InChI=1S/C22H21N5O/c1-14-2-3-16(12-25-14)15-7-9-26(22(28)10-15)17-4-5-18-19-13-24-8-6-20(19)27(23)21(18)11-17/h2-5,7,9-12,24H,6,8,13,23H2,1H3. The Kier molecular flexibility index (Phi) is 3.80. The molecular weight excluding hydrogens is 350 g/mol. The minimum atomic E-state index is -0.0843. The second kappa shape index (κ2) is 6.35. The predicted molar refractivity (Wildman–Crippen MR) is 111 cm³/mol. The van der Waals surface area contributed by atoms with Crippen molar-refractivity contribution in [1.82, 2.24) is 19.5 Å². The molecule has 0 unspecified atom stereocenters. The number of aromatic nitrogens is 3. The molecule has 3 aromatic heterocycles. The number of hydrogen-bond acceptors (Lipinski definition) is 4. The number of nitrogens with zero attached hydrogens (tertiary/aromatic N) is 3. The molecule has 5 rings (SSSR count). The van der Waals surface area contributed by atoms with Crippen LogP contribution in [0.4, 0.5) is 0 Å². The smallest absolute Gasteiger partial charge is 0.255 e. The van der Waals surface area contributed by atoms with Gasteiger partial charge >= 0.3 is 0 Å². The Morgan fingerprint density at radius 1 is 1.11 bits per heavy atom. The first-order valence-electron chi connectivity index (χ1n) is 9.40. The minimum absolute atomic E-state index is 0.0843. The zero-order valence-corrected chi connectivity index (χ0v) is 15.6. The van der Waals surface area contributed by atoms with Crippen molar-refractivity contribution < 1.29 is 0 Å². The average molecular weight is 371 g/mol. The lowest BCUT2D eigenvalue weighted by atomic mass is 10.1. The molecule has 1 aliphatic rings. The first kappa shape index (κ1) is 16.8. The van der Waals surface area contributed by atoms with Gasteiger partial charge in [-0.25, -0.2) is 0 Å². The molecule has 4 heterocycles. The fraction of sp³-hybridized carbons (Fsp3) is 0.182. The second-order valence-corrected chi connectivity index (χ2v) is 7.24. The molecule has 0 bridgehead atoms. The molecule has 0 atom stereocenters. The van der Waals surface area contributed by atoms with E-state index >= 15 is 0 Å². The van der Waals surface area contributed by atoms with Crippen molar-refractivity contribution in [3.63, 3.8) is 0 Å². The summed E-state index contributed by atoms with van der Waals surface area (Å²) in [7, 11) is 0. The van der Waals surface area contributed by atoms with Crippen molar-refractivity contribution in [3.8, 4) is 16.8 Å². The Morgan fingerprint density at radius 2 is 2.00 bits per heavy atom. The molecule has 4 aromatic rings. The summed E-state index contributed by atoms with van der Waals surface area (Å²) in [6.07, 6.45) is 4.51. The van der Waals surface area contributed by atoms with Crippen molar-refractivity contribution in [1.29, 1.82) is 0 Å². The lowest BCUT2D eigenvalue weighted by Gasteiger charge is -2.14. The molecule has 1 aliphatic heterocycles. The highest BCUT2D eigenvalue weighted by atomic mass is 16.1. The molecule has 0 aliphatic carbocycles. The molecule has 0 saturated heterocycles. The van der Waals surface area contributed by atoms with E-state index in [2.05, 4.69) is 16.4 Å². The molecule has 0 saturated carbocycles. The van der Waals surface area contributed by atoms with E-state index in [0.717, 1.165) is 52.9 Å². The van der Waals surface area contributed by atoms with Crippen molar-refractivity contribution in [3.05, 3.63) is 82.2 Å². The fourth-order valence-electron chi connectivity index (χ4n) is 3.97. The quantitative estimate of drug-likeness (QED) is 0.531. The summed E-state index contributed by atoms with van der Waals surface area (Å²) < 4.78 is 3.42. The highest BCUT2D eigenvalue weighted by Gasteiger charge is 2.19. The number of nitrogen functional groups attached to an aromatic ring is 1. The number of pyridine rings is 2. The summed E-state index contributed by atoms with van der Waals surface area (Å²) in [5.74, 6) is 6.35.